The van der Waals surface area contributed by atoms with Crippen molar-refractivity contribution in [2.75, 3.05) is 6.54 Å². The molecule has 0 bridgehead atoms. The van der Waals surface area contributed by atoms with Gasteiger partial charge >= 0.3 is 0 Å². The molecule has 2 heterocycles. The molecule has 2 rings (SSSR count). The van der Waals surface area contributed by atoms with Crippen LogP contribution in [-0.4, -0.2) is 26.1 Å². The maximum atomic E-state index is 5.47. The molecule has 80 valence electrons. The molecule has 0 saturated carbocycles. The molecule has 2 aromatic heterocycles. The second kappa shape index (κ2) is 4.27. The third-order valence-corrected chi connectivity index (χ3v) is 2.28. The van der Waals surface area contributed by atoms with Crippen LogP contribution in [-0.2, 0) is 13.1 Å². The zero-order valence-corrected chi connectivity index (χ0v) is 8.80. The molecule has 0 aliphatic carbocycles. The van der Waals surface area contributed by atoms with E-state index >= 15 is 0 Å². The van der Waals surface area contributed by atoms with Crippen molar-refractivity contribution in [3.8, 4) is 11.4 Å². The molecule has 0 atom stereocenters. The van der Waals surface area contributed by atoms with Crippen molar-refractivity contribution in [1.29, 1.82) is 0 Å². The Kier molecular flexibility index (Phi) is 2.82. The summed E-state index contributed by atoms with van der Waals surface area (Å²) in [5, 5.41) is 8.64. The van der Waals surface area contributed by atoms with Gasteiger partial charge in [0.05, 0.1) is 12.2 Å². The minimum atomic E-state index is 0.605. The van der Waals surface area contributed by atoms with Gasteiger partial charge in [-0.3, -0.25) is 9.36 Å². The van der Waals surface area contributed by atoms with Crippen LogP contribution in [0, 0.1) is 0 Å². The van der Waals surface area contributed by atoms with Gasteiger partial charge in [-0.1, -0.05) is 0 Å². The van der Waals surface area contributed by atoms with E-state index in [4.69, 9.17) is 5.73 Å². The Balaban J connectivity index is 2.28. The topological polar surface area (TPSA) is 61.7 Å². The summed E-state index contributed by atoms with van der Waals surface area (Å²) in [5.41, 5.74) is 7.46. The van der Waals surface area contributed by atoms with Crippen LogP contribution < -0.4 is 5.73 Å². The summed E-state index contributed by atoms with van der Waals surface area (Å²) in [4.78, 5) is 0. The third kappa shape index (κ3) is 1.92. The molecule has 0 spiro atoms. The lowest BCUT2D eigenvalue weighted by molar-refractivity contribution is 0.621. The van der Waals surface area contributed by atoms with Crippen LogP contribution in [0.4, 0.5) is 0 Å². The molecule has 0 amide bonds. The largest absolute Gasteiger partial charge is 0.329 e. The maximum absolute atomic E-state index is 5.47. The normalized spacial score (nSPS) is 10.8. The van der Waals surface area contributed by atoms with Crippen molar-refractivity contribution in [3.05, 3.63) is 24.5 Å². The second-order valence-electron chi connectivity index (χ2n) is 3.28. The zero-order valence-electron chi connectivity index (χ0n) is 8.80. The Labute approximate surface area is 88.5 Å². The van der Waals surface area contributed by atoms with E-state index in [0.717, 1.165) is 24.5 Å². The lowest BCUT2D eigenvalue weighted by atomic mass is 10.3. The highest BCUT2D eigenvalue weighted by Gasteiger charge is 2.06. The first kappa shape index (κ1) is 9.92. The first-order valence-electron chi connectivity index (χ1n) is 5.11. The van der Waals surface area contributed by atoms with Gasteiger partial charge in [0.15, 0.2) is 0 Å². The highest BCUT2D eigenvalue weighted by atomic mass is 15.3. The van der Waals surface area contributed by atoms with E-state index in [1.807, 2.05) is 27.7 Å². The van der Waals surface area contributed by atoms with E-state index in [-0.39, 0.29) is 0 Å². The van der Waals surface area contributed by atoms with E-state index in [1.165, 1.54) is 0 Å². The van der Waals surface area contributed by atoms with Gasteiger partial charge in [-0.05, 0) is 19.1 Å². The SMILES string of the molecule is CCn1nccc1-c1ccn(CCN)n1. The predicted octanol–water partition coefficient (Wildman–Crippen LogP) is 0.725. The first-order valence-corrected chi connectivity index (χ1v) is 5.11. The van der Waals surface area contributed by atoms with Gasteiger partial charge in [0.2, 0.25) is 0 Å². The van der Waals surface area contributed by atoms with E-state index in [9.17, 15) is 0 Å². The Morgan fingerprint density at radius 2 is 2.27 bits per heavy atom. The van der Waals surface area contributed by atoms with Gasteiger partial charge < -0.3 is 5.73 Å². The third-order valence-electron chi connectivity index (χ3n) is 2.28. The molecule has 15 heavy (non-hydrogen) atoms. The summed E-state index contributed by atoms with van der Waals surface area (Å²) in [6.45, 7) is 4.27. The number of rotatable bonds is 4. The van der Waals surface area contributed by atoms with E-state index in [0.29, 0.717) is 6.54 Å². The number of aryl methyl sites for hydroxylation is 1. The minimum Gasteiger partial charge on any atom is -0.329 e. The number of nitrogens with two attached hydrogens (primary N) is 1. The van der Waals surface area contributed by atoms with Crippen molar-refractivity contribution < 1.29 is 0 Å². The Hall–Kier alpha value is -1.62. The Morgan fingerprint density at radius 3 is 3.00 bits per heavy atom. The molecule has 5 nitrogen and oxygen atoms in total. The smallest absolute Gasteiger partial charge is 0.110 e. The van der Waals surface area contributed by atoms with Crippen LogP contribution in [0.1, 0.15) is 6.92 Å². The van der Waals surface area contributed by atoms with Gasteiger partial charge in [0.25, 0.3) is 0 Å². The van der Waals surface area contributed by atoms with Crippen LogP contribution in [0.3, 0.4) is 0 Å². The maximum Gasteiger partial charge on any atom is 0.110 e. The van der Waals surface area contributed by atoms with Crippen LogP contribution in [0.15, 0.2) is 24.5 Å². The average molecular weight is 205 g/mol. The highest BCUT2D eigenvalue weighted by Crippen LogP contribution is 2.15. The lowest BCUT2D eigenvalue weighted by Gasteiger charge is -2.01. The van der Waals surface area contributed by atoms with Gasteiger partial charge in [0.1, 0.15) is 5.69 Å². The summed E-state index contributed by atoms with van der Waals surface area (Å²) >= 11 is 0. The van der Waals surface area contributed by atoms with Gasteiger partial charge in [-0.2, -0.15) is 10.2 Å². The van der Waals surface area contributed by atoms with Crippen LogP contribution in [0.2, 0.25) is 0 Å². The van der Waals surface area contributed by atoms with Crippen molar-refractivity contribution in [2.24, 2.45) is 5.73 Å². The van der Waals surface area contributed by atoms with Crippen molar-refractivity contribution >= 4 is 0 Å². The quantitative estimate of drug-likeness (QED) is 0.800. The van der Waals surface area contributed by atoms with Crippen molar-refractivity contribution in [1.82, 2.24) is 19.6 Å². The zero-order chi connectivity index (χ0) is 10.7. The summed E-state index contributed by atoms with van der Waals surface area (Å²) in [6, 6.07) is 3.96. The molecule has 5 heteroatoms. The van der Waals surface area contributed by atoms with Crippen LogP contribution >= 0.6 is 0 Å². The lowest BCUT2D eigenvalue weighted by Crippen LogP contribution is -2.10. The molecule has 0 fully saturated rings. The Morgan fingerprint density at radius 1 is 1.40 bits per heavy atom. The highest BCUT2D eigenvalue weighted by molar-refractivity contribution is 5.53. The summed E-state index contributed by atoms with van der Waals surface area (Å²) in [6.07, 6.45) is 3.73. The fourth-order valence-electron chi connectivity index (χ4n) is 1.56. The number of hydrogen-bond donors (Lipinski definition) is 1. The van der Waals surface area contributed by atoms with E-state index in [2.05, 4.69) is 17.1 Å². The molecular formula is C10H15N5. The predicted molar refractivity (Wildman–Crippen MR) is 58.2 cm³/mol. The molecule has 2 N–H and O–H groups in total. The fraction of sp³-hybridized carbons (Fsp3) is 0.400. The van der Waals surface area contributed by atoms with Crippen molar-refractivity contribution in [2.45, 2.75) is 20.0 Å². The van der Waals surface area contributed by atoms with Gasteiger partial charge in [-0.25, -0.2) is 0 Å². The number of hydrogen-bond acceptors (Lipinski definition) is 3. The van der Waals surface area contributed by atoms with Crippen LogP contribution in [0.25, 0.3) is 11.4 Å². The Bertz CT molecular complexity index is 428. The first-order chi connectivity index (χ1) is 7.35. The molecular weight excluding hydrogens is 190 g/mol. The van der Waals surface area contributed by atoms with E-state index in [1.54, 1.807) is 6.20 Å². The van der Waals surface area contributed by atoms with Gasteiger partial charge in [-0.15, -0.1) is 0 Å². The molecule has 0 aliphatic rings. The van der Waals surface area contributed by atoms with Crippen molar-refractivity contribution in [3.63, 3.8) is 0 Å². The second-order valence-corrected chi connectivity index (χ2v) is 3.28. The molecule has 0 aliphatic heterocycles. The summed E-state index contributed by atoms with van der Waals surface area (Å²) < 4.78 is 3.78. The monoisotopic (exact) mass is 205 g/mol. The molecule has 0 unspecified atom stereocenters. The van der Waals surface area contributed by atoms with Gasteiger partial charge in [0, 0.05) is 25.5 Å². The summed E-state index contributed by atoms with van der Waals surface area (Å²) in [5.74, 6) is 0. The van der Waals surface area contributed by atoms with E-state index < -0.39 is 0 Å². The summed E-state index contributed by atoms with van der Waals surface area (Å²) in [7, 11) is 0. The van der Waals surface area contributed by atoms with Crippen LogP contribution in [0.5, 0.6) is 0 Å². The fourth-order valence-corrected chi connectivity index (χ4v) is 1.56. The molecule has 0 saturated heterocycles. The standard InChI is InChI=1S/C10H15N5/c1-2-15-10(3-6-12-15)9-4-7-14(13-9)8-5-11/h3-4,6-7H,2,5,8,11H2,1H3. The molecule has 2 aromatic rings. The average Bonchev–Trinajstić information content (AvgIpc) is 2.84. The molecule has 0 radical (unpaired) electrons. The minimum absolute atomic E-state index is 0.605. The molecule has 0 aromatic carbocycles. The number of aromatic nitrogens is 4. The number of nitrogens with zero attached hydrogens (tertiary/aromatic N) is 4.